The number of sulfonamides is 1. The number of aryl methyl sites for hydroxylation is 1. The van der Waals surface area contributed by atoms with Gasteiger partial charge in [-0.15, -0.1) is 11.3 Å². The molecule has 0 bridgehead atoms. The predicted molar refractivity (Wildman–Crippen MR) is 87.3 cm³/mol. The van der Waals surface area contributed by atoms with Gasteiger partial charge < -0.3 is 0 Å². The SMILES string of the molecule is Cc1ccc(S(=O)(=O)NC(C)c2ccc(S(C)(=O)=O)cc2)s1. The number of hydrogen-bond donors (Lipinski definition) is 1. The molecule has 2 rings (SSSR count). The summed E-state index contributed by atoms with van der Waals surface area (Å²) < 4.78 is 50.2. The molecule has 1 atom stereocenters. The van der Waals surface area contributed by atoms with Gasteiger partial charge in [0.05, 0.1) is 4.90 Å². The molecule has 120 valence electrons. The third kappa shape index (κ3) is 3.95. The Bertz CT molecular complexity index is 865. The molecular formula is C14H17NO4S3. The predicted octanol–water partition coefficient (Wildman–Crippen LogP) is 2.50. The van der Waals surface area contributed by atoms with Gasteiger partial charge in [-0.1, -0.05) is 12.1 Å². The van der Waals surface area contributed by atoms with Crippen LogP contribution in [0.25, 0.3) is 0 Å². The zero-order chi connectivity index (χ0) is 16.5. The highest BCUT2D eigenvalue weighted by atomic mass is 32.2. The molecule has 0 saturated heterocycles. The minimum absolute atomic E-state index is 0.209. The van der Waals surface area contributed by atoms with Crippen LogP contribution in [-0.2, 0) is 19.9 Å². The number of rotatable bonds is 5. The minimum Gasteiger partial charge on any atom is -0.224 e. The summed E-state index contributed by atoms with van der Waals surface area (Å²) in [5.74, 6) is 0. The molecule has 5 nitrogen and oxygen atoms in total. The second-order valence-corrected chi connectivity index (χ2v) is 10.3. The highest BCUT2D eigenvalue weighted by Crippen LogP contribution is 2.23. The van der Waals surface area contributed by atoms with Crippen LogP contribution >= 0.6 is 11.3 Å². The van der Waals surface area contributed by atoms with Gasteiger partial charge in [-0.2, -0.15) is 0 Å². The highest BCUT2D eigenvalue weighted by Gasteiger charge is 2.20. The maximum Gasteiger partial charge on any atom is 0.250 e. The van der Waals surface area contributed by atoms with Gasteiger partial charge in [0.1, 0.15) is 4.21 Å². The molecule has 0 fully saturated rings. The van der Waals surface area contributed by atoms with Gasteiger partial charge in [0.2, 0.25) is 0 Å². The summed E-state index contributed by atoms with van der Waals surface area (Å²) in [5, 5.41) is 0. The van der Waals surface area contributed by atoms with E-state index in [1.165, 1.54) is 23.5 Å². The molecule has 1 heterocycles. The largest absolute Gasteiger partial charge is 0.250 e. The second-order valence-electron chi connectivity index (χ2n) is 5.05. The van der Waals surface area contributed by atoms with Gasteiger partial charge in [-0.25, -0.2) is 21.6 Å². The van der Waals surface area contributed by atoms with E-state index in [2.05, 4.69) is 4.72 Å². The molecule has 22 heavy (non-hydrogen) atoms. The molecule has 0 aliphatic carbocycles. The quantitative estimate of drug-likeness (QED) is 0.889. The van der Waals surface area contributed by atoms with E-state index in [0.29, 0.717) is 5.56 Å². The van der Waals surface area contributed by atoms with Crippen molar-refractivity contribution in [2.24, 2.45) is 0 Å². The van der Waals surface area contributed by atoms with Crippen molar-refractivity contribution in [2.75, 3.05) is 6.26 Å². The third-order valence-electron chi connectivity index (χ3n) is 3.12. The number of sulfone groups is 1. The molecule has 1 unspecified atom stereocenters. The highest BCUT2D eigenvalue weighted by molar-refractivity contribution is 7.91. The Morgan fingerprint density at radius 3 is 2.05 bits per heavy atom. The molecule has 1 aromatic carbocycles. The lowest BCUT2D eigenvalue weighted by molar-refractivity contribution is 0.568. The number of thiophene rings is 1. The van der Waals surface area contributed by atoms with Crippen LogP contribution in [0.15, 0.2) is 45.5 Å². The van der Waals surface area contributed by atoms with Crippen molar-refractivity contribution in [1.82, 2.24) is 4.72 Å². The number of benzene rings is 1. The van der Waals surface area contributed by atoms with Gasteiger partial charge in [0, 0.05) is 17.2 Å². The maximum absolute atomic E-state index is 12.3. The fourth-order valence-electron chi connectivity index (χ4n) is 1.92. The van der Waals surface area contributed by atoms with Crippen molar-refractivity contribution >= 4 is 31.2 Å². The molecule has 0 amide bonds. The molecular weight excluding hydrogens is 342 g/mol. The fourth-order valence-corrected chi connectivity index (χ4v) is 5.08. The van der Waals surface area contributed by atoms with Crippen molar-refractivity contribution in [2.45, 2.75) is 29.0 Å². The van der Waals surface area contributed by atoms with Crippen LogP contribution in [0.4, 0.5) is 0 Å². The molecule has 2 aromatic rings. The first-order valence-electron chi connectivity index (χ1n) is 6.48. The van der Waals surface area contributed by atoms with Crippen LogP contribution < -0.4 is 4.72 Å². The second kappa shape index (κ2) is 6.11. The maximum atomic E-state index is 12.3. The zero-order valence-electron chi connectivity index (χ0n) is 12.4. The molecule has 0 saturated carbocycles. The van der Waals surface area contributed by atoms with Crippen molar-refractivity contribution < 1.29 is 16.8 Å². The Kier molecular flexibility index (Phi) is 4.76. The lowest BCUT2D eigenvalue weighted by Crippen LogP contribution is -2.26. The van der Waals surface area contributed by atoms with Crippen LogP contribution in [-0.4, -0.2) is 23.1 Å². The van der Waals surface area contributed by atoms with E-state index in [1.54, 1.807) is 31.2 Å². The third-order valence-corrected chi connectivity index (χ3v) is 7.28. The van der Waals surface area contributed by atoms with Crippen LogP contribution in [0.1, 0.15) is 23.4 Å². The Hall–Kier alpha value is -1.22. The first-order chi connectivity index (χ1) is 10.1. The van der Waals surface area contributed by atoms with Crippen molar-refractivity contribution in [3.05, 3.63) is 46.8 Å². The Labute approximate surface area is 135 Å². The monoisotopic (exact) mass is 359 g/mol. The summed E-state index contributed by atoms with van der Waals surface area (Å²) >= 11 is 1.21. The van der Waals surface area contributed by atoms with Crippen LogP contribution in [0.5, 0.6) is 0 Å². The fraction of sp³-hybridized carbons (Fsp3) is 0.286. The summed E-state index contributed by atoms with van der Waals surface area (Å²) in [6.45, 7) is 3.56. The summed E-state index contributed by atoms with van der Waals surface area (Å²) in [5.41, 5.74) is 0.698. The van der Waals surface area contributed by atoms with E-state index in [9.17, 15) is 16.8 Å². The van der Waals surface area contributed by atoms with Gasteiger partial charge in [-0.05, 0) is 43.7 Å². The van der Waals surface area contributed by atoms with E-state index >= 15 is 0 Å². The first-order valence-corrected chi connectivity index (χ1v) is 10.7. The Balaban J connectivity index is 2.20. The van der Waals surface area contributed by atoms with Gasteiger partial charge in [0.15, 0.2) is 9.84 Å². The summed E-state index contributed by atoms with van der Waals surface area (Å²) in [7, 11) is -6.83. The van der Waals surface area contributed by atoms with Crippen LogP contribution in [0, 0.1) is 6.92 Å². The van der Waals surface area contributed by atoms with E-state index in [0.717, 1.165) is 11.1 Å². The van der Waals surface area contributed by atoms with Crippen LogP contribution in [0.2, 0.25) is 0 Å². The number of nitrogens with one attached hydrogen (secondary N) is 1. The molecule has 0 radical (unpaired) electrons. The normalized spacial score (nSPS) is 14.0. The minimum atomic E-state index is -3.58. The van der Waals surface area contributed by atoms with Crippen molar-refractivity contribution in [3.8, 4) is 0 Å². The van der Waals surface area contributed by atoms with Gasteiger partial charge >= 0.3 is 0 Å². The smallest absolute Gasteiger partial charge is 0.224 e. The molecule has 0 aliphatic rings. The Morgan fingerprint density at radius 1 is 1.00 bits per heavy atom. The summed E-state index contributed by atoms with van der Waals surface area (Å²) in [4.78, 5) is 1.13. The van der Waals surface area contributed by atoms with E-state index in [-0.39, 0.29) is 9.10 Å². The molecule has 1 aromatic heterocycles. The van der Waals surface area contributed by atoms with E-state index in [1.807, 2.05) is 6.92 Å². The summed E-state index contributed by atoms with van der Waals surface area (Å²) in [6, 6.07) is 9.05. The standard InChI is InChI=1S/C14H17NO4S3/c1-10-4-9-14(20-10)22(18,19)15-11(2)12-5-7-13(8-6-12)21(3,16)17/h4-9,11,15H,1-3H3. The average molecular weight is 359 g/mol. The lowest BCUT2D eigenvalue weighted by atomic mass is 10.1. The average Bonchev–Trinajstić information content (AvgIpc) is 2.85. The van der Waals surface area contributed by atoms with Gasteiger partial charge in [-0.3, -0.25) is 0 Å². The first kappa shape index (κ1) is 17.1. The topological polar surface area (TPSA) is 80.3 Å². The van der Waals surface area contributed by atoms with E-state index in [4.69, 9.17) is 0 Å². The van der Waals surface area contributed by atoms with Crippen LogP contribution in [0.3, 0.4) is 0 Å². The van der Waals surface area contributed by atoms with Crippen molar-refractivity contribution in [3.63, 3.8) is 0 Å². The lowest BCUT2D eigenvalue weighted by Gasteiger charge is -2.14. The summed E-state index contributed by atoms with van der Waals surface area (Å²) in [6.07, 6.45) is 1.13. The van der Waals surface area contributed by atoms with Gasteiger partial charge in [0.25, 0.3) is 10.0 Å². The Morgan fingerprint density at radius 2 is 1.59 bits per heavy atom. The van der Waals surface area contributed by atoms with E-state index < -0.39 is 25.9 Å². The van der Waals surface area contributed by atoms with Crippen molar-refractivity contribution in [1.29, 1.82) is 0 Å². The molecule has 8 heteroatoms. The number of hydrogen-bond acceptors (Lipinski definition) is 5. The molecule has 1 N–H and O–H groups in total. The molecule has 0 aliphatic heterocycles. The zero-order valence-corrected chi connectivity index (χ0v) is 14.8. The molecule has 0 spiro atoms.